The van der Waals surface area contributed by atoms with E-state index in [0.717, 1.165) is 22.2 Å². The minimum Gasteiger partial charge on any atom is -0.366 e. The largest absolute Gasteiger partial charge is 0.366 e. The van der Waals surface area contributed by atoms with Crippen LogP contribution in [0.3, 0.4) is 0 Å². The van der Waals surface area contributed by atoms with Crippen LogP contribution in [0.25, 0.3) is 0 Å². The van der Waals surface area contributed by atoms with Crippen LogP contribution >= 0.6 is 23.4 Å². The Morgan fingerprint density at radius 2 is 1.86 bits per heavy atom. The molecule has 0 heterocycles. The molecular formula is C18H21ClN2S. The summed E-state index contributed by atoms with van der Waals surface area (Å²) in [6.07, 6.45) is 1.88. The Morgan fingerprint density at radius 3 is 2.55 bits per heavy atom. The molecule has 0 unspecified atom stereocenters. The molecule has 0 atom stereocenters. The summed E-state index contributed by atoms with van der Waals surface area (Å²) in [5.74, 6) is 0. The Labute approximate surface area is 142 Å². The number of rotatable bonds is 5. The van der Waals surface area contributed by atoms with Gasteiger partial charge in [-0.15, -0.1) is 0 Å². The molecule has 0 saturated heterocycles. The third kappa shape index (κ3) is 4.28. The molecule has 2 aromatic carbocycles. The van der Waals surface area contributed by atoms with E-state index in [0.29, 0.717) is 0 Å². The zero-order chi connectivity index (χ0) is 16.1. The molecule has 0 aliphatic carbocycles. The molecule has 0 aromatic heterocycles. The first-order valence-electron chi connectivity index (χ1n) is 7.29. The standard InChI is InChI=1S/C18H21ClN2S/c1-5-21(4)12-20-16-10-14(3)18(11-13(16)2)22-17-9-7-6-8-15(17)19/h6-12H,5H2,1-4H3. The van der Waals surface area contributed by atoms with Gasteiger partial charge in [-0.1, -0.05) is 35.5 Å². The Bertz CT molecular complexity index is 683. The predicted molar refractivity (Wildman–Crippen MR) is 97.9 cm³/mol. The molecular weight excluding hydrogens is 312 g/mol. The predicted octanol–water partition coefficient (Wildman–Crippen LogP) is 5.72. The van der Waals surface area contributed by atoms with Gasteiger partial charge in [0.25, 0.3) is 0 Å². The third-order valence-electron chi connectivity index (χ3n) is 3.44. The lowest BCUT2D eigenvalue weighted by Crippen LogP contribution is -2.14. The van der Waals surface area contributed by atoms with Crippen molar-refractivity contribution in [1.29, 1.82) is 0 Å². The Balaban J connectivity index is 2.27. The van der Waals surface area contributed by atoms with Gasteiger partial charge in [0, 0.05) is 23.4 Å². The minimum absolute atomic E-state index is 0.788. The molecule has 0 N–H and O–H groups in total. The highest BCUT2D eigenvalue weighted by molar-refractivity contribution is 7.99. The number of nitrogens with zero attached hydrogens (tertiary/aromatic N) is 2. The van der Waals surface area contributed by atoms with E-state index in [2.05, 4.69) is 42.8 Å². The molecule has 2 nitrogen and oxygen atoms in total. The maximum atomic E-state index is 6.25. The van der Waals surface area contributed by atoms with E-state index in [4.69, 9.17) is 11.6 Å². The summed E-state index contributed by atoms with van der Waals surface area (Å²) in [5.41, 5.74) is 3.39. The second-order valence-corrected chi connectivity index (χ2v) is 6.75. The molecule has 0 saturated carbocycles. The fourth-order valence-corrected chi connectivity index (χ4v) is 3.17. The van der Waals surface area contributed by atoms with E-state index in [1.165, 1.54) is 16.0 Å². The lowest BCUT2D eigenvalue weighted by atomic mass is 10.1. The van der Waals surface area contributed by atoms with Gasteiger partial charge in [0.1, 0.15) is 0 Å². The Morgan fingerprint density at radius 1 is 1.14 bits per heavy atom. The summed E-state index contributed by atoms with van der Waals surface area (Å²) < 4.78 is 0. The first kappa shape index (κ1) is 16.9. The quantitative estimate of drug-likeness (QED) is 0.514. The van der Waals surface area contributed by atoms with Crippen molar-refractivity contribution in [3.05, 3.63) is 52.5 Å². The molecule has 0 spiro atoms. The van der Waals surface area contributed by atoms with Gasteiger partial charge in [-0.05, 0) is 56.2 Å². The summed E-state index contributed by atoms with van der Waals surface area (Å²) in [4.78, 5) is 8.92. The Hall–Kier alpha value is -1.45. The fraction of sp³-hybridized carbons (Fsp3) is 0.278. The normalized spacial score (nSPS) is 11.1. The number of aliphatic imine (C=N–C) groups is 1. The molecule has 116 valence electrons. The smallest absolute Gasteiger partial charge is 0.0909 e. The summed E-state index contributed by atoms with van der Waals surface area (Å²) in [6, 6.07) is 12.2. The molecule has 0 aliphatic heterocycles. The summed E-state index contributed by atoms with van der Waals surface area (Å²) in [7, 11) is 2.02. The van der Waals surface area contributed by atoms with Crippen molar-refractivity contribution in [3.63, 3.8) is 0 Å². The molecule has 0 aliphatic rings. The molecule has 0 radical (unpaired) electrons. The van der Waals surface area contributed by atoms with Crippen LogP contribution in [0.15, 0.2) is 51.2 Å². The van der Waals surface area contributed by atoms with Crippen LogP contribution in [0.2, 0.25) is 5.02 Å². The second-order valence-electron chi connectivity index (χ2n) is 5.25. The number of halogens is 1. The average molecular weight is 333 g/mol. The number of hydrogen-bond acceptors (Lipinski definition) is 2. The van der Waals surface area contributed by atoms with Gasteiger partial charge in [-0.2, -0.15) is 0 Å². The van der Waals surface area contributed by atoms with Gasteiger partial charge in [-0.3, -0.25) is 0 Å². The average Bonchev–Trinajstić information content (AvgIpc) is 2.51. The SMILES string of the molecule is CCN(C)C=Nc1cc(C)c(Sc2ccccc2Cl)cc1C. The van der Waals surface area contributed by atoms with Crippen molar-refractivity contribution in [2.24, 2.45) is 4.99 Å². The summed E-state index contributed by atoms with van der Waals surface area (Å²) in [6.45, 7) is 7.26. The zero-order valence-electron chi connectivity index (χ0n) is 13.4. The molecule has 4 heteroatoms. The number of benzene rings is 2. The highest BCUT2D eigenvalue weighted by atomic mass is 35.5. The first-order chi connectivity index (χ1) is 10.5. The molecule has 2 aromatic rings. The fourth-order valence-electron chi connectivity index (χ4n) is 1.91. The molecule has 22 heavy (non-hydrogen) atoms. The van der Waals surface area contributed by atoms with E-state index >= 15 is 0 Å². The van der Waals surface area contributed by atoms with Crippen molar-refractivity contribution in [2.75, 3.05) is 13.6 Å². The maximum Gasteiger partial charge on any atom is 0.0909 e. The maximum absolute atomic E-state index is 6.25. The van der Waals surface area contributed by atoms with E-state index in [9.17, 15) is 0 Å². The van der Waals surface area contributed by atoms with Crippen molar-refractivity contribution in [1.82, 2.24) is 4.90 Å². The molecule has 0 bridgehead atoms. The molecule has 0 amide bonds. The third-order valence-corrected chi connectivity index (χ3v) is 5.12. The zero-order valence-corrected chi connectivity index (χ0v) is 15.0. The summed E-state index contributed by atoms with van der Waals surface area (Å²) in [5, 5.41) is 0.788. The van der Waals surface area contributed by atoms with Gasteiger partial charge >= 0.3 is 0 Å². The second kappa shape index (κ2) is 7.70. The van der Waals surface area contributed by atoms with Crippen LogP contribution < -0.4 is 0 Å². The minimum atomic E-state index is 0.788. The lowest BCUT2D eigenvalue weighted by Gasteiger charge is -2.12. The van der Waals surface area contributed by atoms with Crippen LogP contribution in [0, 0.1) is 13.8 Å². The first-order valence-corrected chi connectivity index (χ1v) is 8.48. The van der Waals surface area contributed by atoms with Gasteiger partial charge in [0.15, 0.2) is 0 Å². The van der Waals surface area contributed by atoms with Crippen LogP contribution in [0.5, 0.6) is 0 Å². The van der Waals surface area contributed by atoms with Gasteiger partial charge in [0.05, 0.1) is 17.0 Å². The number of hydrogen-bond donors (Lipinski definition) is 0. The van der Waals surface area contributed by atoms with Crippen molar-refractivity contribution >= 4 is 35.4 Å². The monoisotopic (exact) mass is 332 g/mol. The van der Waals surface area contributed by atoms with E-state index in [1.807, 2.05) is 37.7 Å². The van der Waals surface area contributed by atoms with Gasteiger partial charge in [0.2, 0.25) is 0 Å². The summed E-state index contributed by atoms with van der Waals surface area (Å²) >= 11 is 7.95. The Kier molecular flexibility index (Phi) is 5.92. The van der Waals surface area contributed by atoms with E-state index in [-0.39, 0.29) is 0 Å². The highest BCUT2D eigenvalue weighted by Crippen LogP contribution is 2.37. The lowest BCUT2D eigenvalue weighted by molar-refractivity contribution is 0.552. The van der Waals surface area contributed by atoms with Crippen LogP contribution in [-0.4, -0.2) is 24.8 Å². The van der Waals surface area contributed by atoms with Crippen LogP contribution in [-0.2, 0) is 0 Å². The van der Waals surface area contributed by atoms with E-state index in [1.54, 1.807) is 11.8 Å². The van der Waals surface area contributed by atoms with Gasteiger partial charge in [-0.25, -0.2) is 4.99 Å². The van der Waals surface area contributed by atoms with E-state index < -0.39 is 0 Å². The topological polar surface area (TPSA) is 15.6 Å². The van der Waals surface area contributed by atoms with Crippen LogP contribution in [0.1, 0.15) is 18.1 Å². The molecule has 2 rings (SSSR count). The van der Waals surface area contributed by atoms with Crippen molar-refractivity contribution < 1.29 is 0 Å². The van der Waals surface area contributed by atoms with Crippen molar-refractivity contribution in [3.8, 4) is 0 Å². The molecule has 0 fully saturated rings. The van der Waals surface area contributed by atoms with Crippen LogP contribution in [0.4, 0.5) is 5.69 Å². The van der Waals surface area contributed by atoms with Gasteiger partial charge < -0.3 is 4.90 Å². The highest BCUT2D eigenvalue weighted by Gasteiger charge is 2.08. The number of aryl methyl sites for hydroxylation is 2. The van der Waals surface area contributed by atoms with Crippen molar-refractivity contribution in [2.45, 2.75) is 30.6 Å².